The SMILES string of the molecule is COCCN1C(=O)N=C(N)C1(C)C1CCOC1. The van der Waals surface area contributed by atoms with E-state index in [2.05, 4.69) is 4.99 Å². The summed E-state index contributed by atoms with van der Waals surface area (Å²) in [6.45, 7) is 4.30. The van der Waals surface area contributed by atoms with Gasteiger partial charge in [0.2, 0.25) is 0 Å². The van der Waals surface area contributed by atoms with Crippen molar-refractivity contribution in [1.29, 1.82) is 0 Å². The Bertz CT molecular complexity index is 339. The van der Waals surface area contributed by atoms with Crippen molar-refractivity contribution >= 4 is 11.9 Å². The fourth-order valence-electron chi connectivity index (χ4n) is 2.53. The van der Waals surface area contributed by atoms with E-state index in [0.29, 0.717) is 25.6 Å². The zero-order chi connectivity index (χ0) is 12.5. The number of amidine groups is 1. The Morgan fingerprint density at radius 2 is 2.47 bits per heavy atom. The maximum atomic E-state index is 11.8. The molecule has 0 aromatic carbocycles. The minimum absolute atomic E-state index is 0.217. The number of ether oxygens (including phenoxy) is 2. The van der Waals surface area contributed by atoms with Crippen molar-refractivity contribution in [2.75, 3.05) is 33.5 Å². The fraction of sp³-hybridized carbons (Fsp3) is 0.818. The highest BCUT2D eigenvalue weighted by atomic mass is 16.5. The molecule has 2 atom stereocenters. The third kappa shape index (κ3) is 1.91. The third-order valence-corrected chi connectivity index (χ3v) is 3.77. The Labute approximate surface area is 101 Å². The van der Waals surface area contributed by atoms with Crippen LogP contribution in [0.1, 0.15) is 13.3 Å². The second-order valence-electron chi connectivity index (χ2n) is 4.63. The number of rotatable bonds is 4. The van der Waals surface area contributed by atoms with Gasteiger partial charge in [-0.3, -0.25) is 0 Å². The number of carbonyl (C=O) groups excluding carboxylic acids is 1. The predicted octanol–water partition coefficient (Wildman–Crippen LogP) is 0.221. The first-order valence-electron chi connectivity index (χ1n) is 5.83. The molecule has 0 aliphatic carbocycles. The minimum Gasteiger partial charge on any atom is -0.385 e. The largest absolute Gasteiger partial charge is 0.385 e. The Hall–Kier alpha value is -1.14. The number of hydrogen-bond acceptors (Lipinski definition) is 4. The van der Waals surface area contributed by atoms with Gasteiger partial charge in [0, 0.05) is 26.2 Å². The maximum absolute atomic E-state index is 11.8. The molecule has 2 aliphatic rings. The number of hydrogen-bond donors (Lipinski definition) is 1. The first-order chi connectivity index (χ1) is 8.10. The Kier molecular flexibility index (Phi) is 3.35. The summed E-state index contributed by atoms with van der Waals surface area (Å²) in [4.78, 5) is 17.4. The zero-order valence-corrected chi connectivity index (χ0v) is 10.3. The van der Waals surface area contributed by atoms with Crippen molar-refractivity contribution in [1.82, 2.24) is 4.90 Å². The van der Waals surface area contributed by atoms with Crippen molar-refractivity contribution in [3.63, 3.8) is 0 Å². The van der Waals surface area contributed by atoms with E-state index in [-0.39, 0.29) is 11.9 Å². The van der Waals surface area contributed by atoms with Gasteiger partial charge in [-0.05, 0) is 13.3 Å². The van der Waals surface area contributed by atoms with Crippen LogP contribution in [0.2, 0.25) is 0 Å². The van der Waals surface area contributed by atoms with E-state index in [0.717, 1.165) is 13.0 Å². The van der Waals surface area contributed by atoms with Crippen LogP contribution in [0.25, 0.3) is 0 Å². The molecule has 2 heterocycles. The fourth-order valence-corrected chi connectivity index (χ4v) is 2.53. The van der Waals surface area contributed by atoms with E-state index < -0.39 is 5.54 Å². The van der Waals surface area contributed by atoms with Gasteiger partial charge in [-0.1, -0.05) is 0 Å². The summed E-state index contributed by atoms with van der Waals surface area (Å²) in [7, 11) is 1.61. The first-order valence-corrected chi connectivity index (χ1v) is 5.83. The Balaban J connectivity index is 2.20. The highest BCUT2D eigenvalue weighted by Gasteiger charge is 2.50. The first kappa shape index (κ1) is 12.3. The van der Waals surface area contributed by atoms with Crippen LogP contribution in [0, 0.1) is 5.92 Å². The number of carbonyl (C=O) groups is 1. The summed E-state index contributed by atoms with van der Waals surface area (Å²) in [6.07, 6.45) is 0.906. The lowest BCUT2D eigenvalue weighted by atomic mass is 9.83. The number of nitrogens with zero attached hydrogens (tertiary/aromatic N) is 2. The highest BCUT2D eigenvalue weighted by Crippen LogP contribution is 2.35. The van der Waals surface area contributed by atoms with Gasteiger partial charge >= 0.3 is 6.03 Å². The molecule has 6 heteroatoms. The quantitative estimate of drug-likeness (QED) is 0.764. The van der Waals surface area contributed by atoms with Gasteiger partial charge in [-0.15, -0.1) is 0 Å². The summed E-state index contributed by atoms with van der Waals surface area (Å²) in [5.74, 6) is 0.614. The van der Waals surface area contributed by atoms with Crippen molar-refractivity contribution in [2.24, 2.45) is 16.6 Å². The van der Waals surface area contributed by atoms with E-state index in [1.54, 1.807) is 12.0 Å². The Morgan fingerprint density at radius 1 is 1.71 bits per heavy atom. The highest BCUT2D eigenvalue weighted by molar-refractivity contribution is 6.05. The number of aliphatic imine (C=N–C) groups is 1. The number of nitrogens with two attached hydrogens (primary N) is 1. The molecule has 0 aromatic heterocycles. The van der Waals surface area contributed by atoms with Crippen LogP contribution in [0.4, 0.5) is 4.79 Å². The molecule has 6 nitrogen and oxygen atoms in total. The van der Waals surface area contributed by atoms with Crippen LogP contribution >= 0.6 is 0 Å². The summed E-state index contributed by atoms with van der Waals surface area (Å²) < 4.78 is 10.4. The summed E-state index contributed by atoms with van der Waals surface area (Å²) in [5.41, 5.74) is 5.42. The molecular formula is C11H19N3O3. The molecule has 2 aliphatic heterocycles. The lowest BCUT2D eigenvalue weighted by Gasteiger charge is -2.38. The van der Waals surface area contributed by atoms with Gasteiger partial charge < -0.3 is 20.1 Å². The summed E-state index contributed by atoms with van der Waals surface area (Å²) >= 11 is 0. The molecule has 0 radical (unpaired) electrons. The van der Waals surface area contributed by atoms with Crippen LogP contribution in [0.3, 0.4) is 0 Å². The second kappa shape index (κ2) is 4.62. The molecule has 2 amide bonds. The lowest BCUT2D eigenvalue weighted by Crippen LogP contribution is -2.57. The summed E-state index contributed by atoms with van der Waals surface area (Å²) in [6, 6.07) is -0.269. The number of amides is 2. The molecule has 1 fully saturated rings. The Morgan fingerprint density at radius 3 is 3.06 bits per heavy atom. The molecule has 0 spiro atoms. The van der Waals surface area contributed by atoms with Crippen LogP contribution in [0.5, 0.6) is 0 Å². The molecular weight excluding hydrogens is 222 g/mol. The van der Waals surface area contributed by atoms with E-state index in [9.17, 15) is 4.79 Å². The molecule has 0 saturated carbocycles. The normalized spacial score (nSPS) is 33.3. The number of urea groups is 1. The van der Waals surface area contributed by atoms with Gasteiger partial charge in [0.15, 0.2) is 0 Å². The smallest absolute Gasteiger partial charge is 0.346 e. The average molecular weight is 241 g/mol. The zero-order valence-electron chi connectivity index (χ0n) is 10.3. The van der Waals surface area contributed by atoms with Crippen molar-refractivity contribution in [2.45, 2.75) is 18.9 Å². The van der Waals surface area contributed by atoms with Crippen molar-refractivity contribution in [3.05, 3.63) is 0 Å². The van der Waals surface area contributed by atoms with E-state index in [1.165, 1.54) is 0 Å². The van der Waals surface area contributed by atoms with Crippen LogP contribution in [0.15, 0.2) is 4.99 Å². The van der Waals surface area contributed by atoms with Gasteiger partial charge in [-0.2, -0.15) is 4.99 Å². The van der Waals surface area contributed by atoms with Gasteiger partial charge in [-0.25, -0.2) is 4.79 Å². The number of methoxy groups -OCH3 is 1. The molecule has 0 aromatic rings. The minimum atomic E-state index is -0.522. The monoisotopic (exact) mass is 241 g/mol. The van der Waals surface area contributed by atoms with Crippen molar-refractivity contribution < 1.29 is 14.3 Å². The van der Waals surface area contributed by atoms with Gasteiger partial charge in [0.05, 0.1) is 13.2 Å². The molecule has 17 heavy (non-hydrogen) atoms. The molecule has 96 valence electrons. The van der Waals surface area contributed by atoms with Gasteiger partial charge in [0.25, 0.3) is 0 Å². The van der Waals surface area contributed by atoms with E-state index in [4.69, 9.17) is 15.2 Å². The predicted molar refractivity (Wildman–Crippen MR) is 62.9 cm³/mol. The van der Waals surface area contributed by atoms with Crippen LogP contribution in [-0.2, 0) is 9.47 Å². The second-order valence-corrected chi connectivity index (χ2v) is 4.63. The van der Waals surface area contributed by atoms with E-state index in [1.807, 2.05) is 6.92 Å². The molecule has 0 bridgehead atoms. The van der Waals surface area contributed by atoms with Crippen LogP contribution in [-0.4, -0.2) is 55.8 Å². The van der Waals surface area contributed by atoms with Gasteiger partial charge in [0.1, 0.15) is 11.4 Å². The molecule has 1 saturated heterocycles. The van der Waals surface area contributed by atoms with Crippen LogP contribution < -0.4 is 5.73 Å². The maximum Gasteiger partial charge on any atom is 0.346 e. The lowest BCUT2D eigenvalue weighted by molar-refractivity contribution is 0.0938. The standard InChI is InChI=1S/C11H19N3O3/c1-11(8-3-5-17-7-8)9(12)13-10(15)14(11)4-6-16-2/h8H,3-7H2,1-2H3,(H2,12,13,15). The molecule has 2 rings (SSSR count). The van der Waals surface area contributed by atoms with E-state index >= 15 is 0 Å². The molecule has 2 N–H and O–H groups in total. The average Bonchev–Trinajstić information content (AvgIpc) is 2.88. The summed E-state index contributed by atoms with van der Waals surface area (Å²) in [5, 5.41) is 0. The topological polar surface area (TPSA) is 77.2 Å². The third-order valence-electron chi connectivity index (χ3n) is 3.77. The van der Waals surface area contributed by atoms with Crippen molar-refractivity contribution in [3.8, 4) is 0 Å². The molecule has 2 unspecified atom stereocenters.